The van der Waals surface area contributed by atoms with Crippen LogP contribution in [0.3, 0.4) is 0 Å². The molecule has 0 N–H and O–H groups in total. The highest BCUT2D eigenvalue weighted by molar-refractivity contribution is 5.91. The minimum absolute atomic E-state index is 0.0972. The quantitative estimate of drug-likeness (QED) is 0.580. The third-order valence-electron chi connectivity index (χ3n) is 2.34. The van der Waals surface area contributed by atoms with E-state index in [-0.39, 0.29) is 17.8 Å². The molecule has 0 saturated heterocycles. The van der Waals surface area contributed by atoms with Crippen molar-refractivity contribution in [1.82, 2.24) is 0 Å². The van der Waals surface area contributed by atoms with Crippen molar-refractivity contribution in [1.29, 1.82) is 0 Å². The van der Waals surface area contributed by atoms with E-state index in [1.165, 1.54) is 0 Å². The molecule has 0 spiro atoms. The van der Waals surface area contributed by atoms with Crippen LogP contribution in [0.4, 0.5) is 0 Å². The summed E-state index contributed by atoms with van der Waals surface area (Å²) in [4.78, 5) is 11.0. The van der Waals surface area contributed by atoms with Gasteiger partial charge in [-0.15, -0.1) is 0 Å². The summed E-state index contributed by atoms with van der Waals surface area (Å²) in [6, 6.07) is 0. The fraction of sp³-hybridized carbons (Fsp3) is 0.875. The van der Waals surface area contributed by atoms with E-state index in [0.717, 1.165) is 0 Å². The molecule has 2 heteroatoms. The maximum atomic E-state index is 11.0. The maximum Gasteiger partial charge on any atom is 0.165 e. The highest BCUT2D eigenvalue weighted by Gasteiger charge is 2.44. The maximum absolute atomic E-state index is 11.0. The number of carbonyl (C=O) groups excluding carboxylic acids is 1. The average molecular weight is 142 g/mol. The van der Waals surface area contributed by atoms with E-state index in [9.17, 15) is 4.79 Å². The lowest BCUT2D eigenvalue weighted by Gasteiger charge is -2.38. The van der Waals surface area contributed by atoms with Crippen molar-refractivity contribution in [3.05, 3.63) is 0 Å². The summed E-state index contributed by atoms with van der Waals surface area (Å²) in [5.41, 5.74) is 0. The molecule has 0 bridgehead atoms. The Morgan fingerprint density at radius 2 is 2.10 bits per heavy atom. The largest absolute Gasteiger partial charge is 0.370 e. The zero-order chi connectivity index (χ0) is 7.72. The van der Waals surface area contributed by atoms with Gasteiger partial charge in [-0.25, -0.2) is 0 Å². The van der Waals surface area contributed by atoms with Crippen LogP contribution in [0.15, 0.2) is 0 Å². The number of Topliss-reactive ketones (excluding diaryl/α,β-unsaturated/α-hetero) is 1. The van der Waals surface area contributed by atoms with Crippen molar-refractivity contribution in [2.24, 2.45) is 11.8 Å². The topological polar surface area (TPSA) is 26.3 Å². The second kappa shape index (κ2) is 2.70. The van der Waals surface area contributed by atoms with Gasteiger partial charge in [-0.2, -0.15) is 0 Å². The number of hydrogen-bond acceptors (Lipinski definition) is 2. The summed E-state index contributed by atoms with van der Waals surface area (Å²) in [5, 5.41) is 0. The molecule has 58 valence electrons. The molecule has 0 aromatic heterocycles. The summed E-state index contributed by atoms with van der Waals surface area (Å²) in [6.45, 7) is 6.59. The molecule has 0 aromatic carbocycles. The summed E-state index contributed by atoms with van der Waals surface area (Å²) in [6.07, 6.45) is -0.0972. The first-order chi connectivity index (χ1) is 4.68. The van der Waals surface area contributed by atoms with Crippen LogP contribution in [0.5, 0.6) is 0 Å². The van der Waals surface area contributed by atoms with Crippen molar-refractivity contribution in [3.8, 4) is 0 Å². The standard InChI is InChI=1S/C8H14O2/c1-4-10-8-6(3)5(2)7(8)9/h5-6,8H,4H2,1-3H3/t5-,6-,8-/m0/s1. The van der Waals surface area contributed by atoms with E-state index in [4.69, 9.17) is 4.74 Å². The molecular formula is C8H14O2. The van der Waals surface area contributed by atoms with Gasteiger partial charge < -0.3 is 4.74 Å². The van der Waals surface area contributed by atoms with Crippen molar-refractivity contribution >= 4 is 5.78 Å². The molecule has 0 aliphatic heterocycles. The minimum atomic E-state index is -0.0972. The number of ether oxygens (including phenoxy) is 1. The third-order valence-corrected chi connectivity index (χ3v) is 2.34. The fourth-order valence-electron chi connectivity index (χ4n) is 1.33. The molecule has 0 aromatic rings. The van der Waals surface area contributed by atoms with Gasteiger partial charge in [0.1, 0.15) is 6.10 Å². The van der Waals surface area contributed by atoms with Crippen molar-refractivity contribution in [3.63, 3.8) is 0 Å². The molecule has 0 radical (unpaired) electrons. The van der Waals surface area contributed by atoms with Gasteiger partial charge in [-0.1, -0.05) is 13.8 Å². The molecule has 3 atom stereocenters. The molecule has 1 rings (SSSR count). The van der Waals surface area contributed by atoms with Crippen LogP contribution in [-0.2, 0) is 9.53 Å². The average Bonchev–Trinajstić information content (AvgIpc) is 1.98. The summed E-state index contributed by atoms with van der Waals surface area (Å²) < 4.78 is 5.22. The van der Waals surface area contributed by atoms with E-state index in [2.05, 4.69) is 6.92 Å². The van der Waals surface area contributed by atoms with Gasteiger partial charge in [0.2, 0.25) is 0 Å². The Hall–Kier alpha value is -0.370. The number of ketones is 1. The summed E-state index contributed by atoms with van der Waals surface area (Å²) >= 11 is 0. The first-order valence-electron chi connectivity index (χ1n) is 3.83. The number of rotatable bonds is 2. The lowest BCUT2D eigenvalue weighted by Crippen LogP contribution is -2.50. The summed E-state index contributed by atoms with van der Waals surface area (Å²) in [7, 11) is 0. The Kier molecular flexibility index (Phi) is 2.09. The van der Waals surface area contributed by atoms with Crippen LogP contribution in [0.25, 0.3) is 0 Å². The van der Waals surface area contributed by atoms with Crippen LogP contribution in [0.2, 0.25) is 0 Å². The predicted molar refractivity (Wildman–Crippen MR) is 38.7 cm³/mol. The van der Waals surface area contributed by atoms with Crippen LogP contribution >= 0.6 is 0 Å². The van der Waals surface area contributed by atoms with E-state index >= 15 is 0 Å². The van der Waals surface area contributed by atoms with Gasteiger partial charge in [0.15, 0.2) is 5.78 Å². The highest BCUT2D eigenvalue weighted by Crippen LogP contribution is 2.32. The van der Waals surface area contributed by atoms with E-state index in [0.29, 0.717) is 12.5 Å². The van der Waals surface area contributed by atoms with Crippen LogP contribution in [0.1, 0.15) is 20.8 Å². The third kappa shape index (κ3) is 0.966. The Morgan fingerprint density at radius 1 is 1.50 bits per heavy atom. The van der Waals surface area contributed by atoms with E-state index in [1.807, 2.05) is 13.8 Å². The second-order valence-electron chi connectivity index (χ2n) is 2.93. The molecule has 1 saturated carbocycles. The van der Waals surface area contributed by atoms with Gasteiger partial charge in [-0.3, -0.25) is 4.79 Å². The first kappa shape index (κ1) is 7.73. The molecule has 0 unspecified atom stereocenters. The predicted octanol–water partition coefficient (Wildman–Crippen LogP) is 1.25. The Labute approximate surface area is 61.6 Å². The smallest absolute Gasteiger partial charge is 0.165 e. The highest BCUT2D eigenvalue weighted by atomic mass is 16.5. The molecular weight excluding hydrogens is 128 g/mol. The molecule has 0 heterocycles. The minimum Gasteiger partial charge on any atom is -0.370 e. The molecule has 10 heavy (non-hydrogen) atoms. The van der Waals surface area contributed by atoms with Crippen molar-refractivity contribution in [2.75, 3.05) is 6.61 Å². The Balaban J connectivity index is 2.42. The molecule has 1 aliphatic rings. The van der Waals surface area contributed by atoms with Crippen LogP contribution in [0, 0.1) is 11.8 Å². The summed E-state index contributed by atoms with van der Waals surface area (Å²) in [5.74, 6) is 0.915. The Morgan fingerprint density at radius 3 is 2.50 bits per heavy atom. The molecule has 1 aliphatic carbocycles. The van der Waals surface area contributed by atoms with Gasteiger partial charge >= 0.3 is 0 Å². The monoisotopic (exact) mass is 142 g/mol. The van der Waals surface area contributed by atoms with Gasteiger partial charge in [0.25, 0.3) is 0 Å². The van der Waals surface area contributed by atoms with E-state index < -0.39 is 0 Å². The van der Waals surface area contributed by atoms with Crippen LogP contribution < -0.4 is 0 Å². The Bertz CT molecular complexity index is 142. The van der Waals surface area contributed by atoms with Gasteiger partial charge in [0, 0.05) is 12.5 Å². The van der Waals surface area contributed by atoms with Gasteiger partial charge in [-0.05, 0) is 12.8 Å². The molecule has 2 nitrogen and oxygen atoms in total. The zero-order valence-corrected chi connectivity index (χ0v) is 6.76. The molecule has 0 amide bonds. The number of carbonyl (C=O) groups is 1. The number of hydrogen-bond donors (Lipinski definition) is 0. The molecule has 1 fully saturated rings. The SMILES string of the molecule is CCO[C@@H]1C(=O)[C@@H](C)[C@@H]1C. The normalized spacial score (nSPS) is 39.5. The second-order valence-corrected chi connectivity index (χ2v) is 2.93. The lowest BCUT2D eigenvalue weighted by molar-refractivity contribution is -0.156. The van der Waals surface area contributed by atoms with E-state index in [1.54, 1.807) is 0 Å². The van der Waals surface area contributed by atoms with Crippen molar-refractivity contribution < 1.29 is 9.53 Å². The fourth-order valence-corrected chi connectivity index (χ4v) is 1.33. The lowest BCUT2D eigenvalue weighted by atomic mass is 9.72. The van der Waals surface area contributed by atoms with Crippen molar-refractivity contribution in [2.45, 2.75) is 26.9 Å². The first-order valence-corrected chi connectivity index (χ1v) is 3.83. The van der Waals surface area contributed by atoms with Gasteiger partial charge in [0.05, 0.1) is 0 Å². The van der Waals surface area contributed by atoms with Crippen LogP contribution in [-0.4, -0.2) is 18.5 Å². The zero-order valence-electron chi connectivity index (χ0n) is 6.76.